The molecule has 8 nitrogen and oxygen atoms in total. The number of urea groups is 1. The predicted octanol–water partition coefficient (Wildman–Crippen LogP) is 6.00. The van der Waals surface area contributed by atoms with Crippen LogP contribution >= 0.6 is 12.6 Å². The Morgan fingerprint density at radius 1 is 1.08 bits per heavy atom. The lowest BCUT2D eigenvalue weighted by molar-refractivity contribution is 0.146. The number of amides is 2. The predicted molar refractivity (Wildman–Crippen MR) is 137 cm³/mol. The third-order valence-corrected chi connectivity index (χ3v) is 5.27. The summed E-state index contributed by atoms with van der Waals surface area (Å²) in [6.45, 7) is 0.659. The quantitative estimate of drug-likeness (QED) is 0.201. The number of ether oxygens (including phenoxy) is 3. The summed E-state index contributed by atoms with van der Waals surface area (Å²) >= 11 is 4.22. The van der Waals surface area contributed by atoms with Crippen LogP contribution in [0, 0.1) is 17.1 Å². The Kier molecular flexibility index (Phi) is 7.85. The van der Waals surface area contributed by atoms with E-state index in [0.29, 0.717) is 45.2 Å². The topological polar surface area (TPSA) is 106 Å². The molecule has 0 spiro atoms. The largest absolute Gasteiger partial charge is 0.490 e. The number of carbonyl (C=O) groups is 1. The highest BCUT2D eigenvalue weighted by Crippen LogP contribution is 2.34. The molecule has 0 fully saturated rings. The number of carbonyl (C=O) groups excluding carboxylic acids is 1. The first-order chi connectivity index (χ1) is 17.5. The number of halogens is 1. The van der Waals surface area contributed by atoms with Crippen molar-refractivity contribution in [2.75, 3.05) is 31.0 Å². The average molecular weight is 505 g/mol. The van der Waals surface area contributed by atoms with Crippen molar-refractivity contribution in [2.45, 2.75) is 4.90 Å². The molecule has 2 amide bonds. The summed E-state index contributed by atoms with van der Waals surface area (Å²) in [4.78, 5) is 17.2. The van der Waals surface area contributed by atoms with Gasteiger partial charge in [-0.3, -0.25) is 4.98 Å². The van der Waals surface area contributed by atoms with Gasteiger partial charge in [-0.2, -0.15) is 5.26 Å². The lowest BCUT2D eigenvalue weighted by Gasteiger charge is -2.13. The standard InChI is InChI=1S/C26H21FN4O4S/c1-33-9-10-34-25-14-23-20(11-16(25)15-28)24(7-8-29-23)35-18-5-6-22(21(27)13-18)31-26(32)30-17-3-2-4-19(36)12-17/h2-8,11-14,36H,9-10H2,1H3,(H2,30,31,32). The van der Waals surface area contributed by atoms with Crippen LogP contribution in [0.3, 0.4) is 0 Å². The summed E-state index contributed by atoms with van der Waals surface area (Å²) in [7, 11) is 1.56. The molecule has 3 aromatic carbocycles. The van der Waals surface area contributed by atoms with E-state index in [1.165, 1.54) is 12.1 Å². The maximum absolute atomic E-state index is 14.7. The van der Waals surface area contributed by atoms with E-state index in [2.05, 4.69) is 34.3 Å². The molecular weight excluding hydrogens is 483 g/mol. The van der Waals surface area contributed by atoms with Crippen LogP contribution in [0.4, 0.5) is 20.6 Å². The normalized spacial score (nSPS) is 10.5. The van der Waals surface area contributed by atoms with Crippen LogP contribution in [0.25, 0.3) is 10.9 Å². The Bertz CT molecular complexity index is 1460. The molecular formula is C26H21FN4O4S. The number of hydrogen-bond donors (Lipinski definition) is 3. The van der Waals surface area contributed by atoms with Crippen LogP contribution in [-0.2, 0) is 4.74 Å². The third-order valence-electron chi connectivity index (χ3n) is 4.99. The number of hydrogen-bond acceptors (Lipinski definition) is 7. The minimum absolute atomic E-state index is 0.0221. The number of methoxy groups -OCH3 is 1. The average Bonchev–Trinajstić information content (AvgIpc) is 2.85. The van der Waals surface area contributed by atoms with Gasteiger partial charge in [0.15, 0.2) is 0 Å². The number of fused-ring (bicyclic) bond motifs is 1. The minimum atomic E-state index is -0.685. The van der Waals surface area contributed by atoms with Crippen LogP contribution in [0.15, 0.2) is 71.8 Å². The summed E-state index contributed by atoms with van der Waals surface area (Å²) in [5, 5.41) is 15.2. The fraction of sp³-hybridized carbons (Fsp3) is 0.115. The Labute approximate surface area is 212 Å². The highest BCUT2D eigenvalue weighted by molar-refractivity contribution is 7.80. The Balaban J connectivity index is 1.51. The molecule has 4 aromatic rings. The Hall–Kier alpha value is -4.33. The molecule has 0 unspecified atom stereocenters. The monoisotopic (exact) mass is 504 g/mol. The molecule has 2 N–H and O–H groups in total. The molecule has 182 valence electrons. The smallest absolute Gasteiger partial charge is 0.323 e. The number of anilines is 2. The number of nitriles is 1. The molecule has 0 aliphatic carbocycles. The number of benzene rings is 3. The summed E-state index contributed by atoms with van der Waals surface area (Å²) in [5.74, 6) is 0.278. The van der Waals surface area contributed by atoms with Gasteiger partial charge in [-0.25, -0.2) is 9.18 Å². The number of nitrogens with one attached hydrogen (secondary N) is 2. The van der Waals surface area contributed by atoms with E-state index in [9.17, 15) is 14.4 Å². The van der Waals surface area contributed by atoms with Crippen LogP contribution in [-0.4, -0.2) is 31.3 Å². The van der Waals surface area contributed by atoms with E-state index in [4.69, 9.17) is 14.2 Å². The summed E-state index contributed by atoms with van der Waals surface area (Å²) in [6, 6.07) is 17.3. The molecule has 0 atom stereocenters. The first-order valence-electron chi connectivity index (χ1n) is 10.8. The highest BCUT2D eigenvalue weighted by Gasteiger charge is 2.13. The molecule has 0 bridgehead atoms. The van der Waals surface area contributed by atoms with Crippen molar-refractivity contribution in [1.29, 1.82) is 5.26 Å². The second kappa shape index (κ2) is 11.4. The molecule has 36 heavy (non-hydrogen) atoms. The summed E-state index contributed by atoms with van der Waals surface area (Å²) < 4.78 is 31.2. The van der Waals surface area contributed by atoms with Crippen molar-refractivity contribution in [2.24, 2.45) is 0 Å². The maximum atomic E-state index is 14.7. The second-order valence-corrected chi connectivity index (χ2v) is 8.02. The van der Waals surface area contributed by atoms with Gasteiger partial charge in [-0.05, 0) is 42.5 Å². The third kappa shape index (κ3) is 6.02. The molecule has 0 saturated carbocycles. The van der Waals surface area contributed by atoms with Crippen molar-refractivity contribution < 1.29 is 23.4 Å². The van der Waals surface area contributed by atoms with Crippen molar-refractivity contribution in [3.05, 3.63) is 78.2 Å². The van der Waals surface area contributed by atoms with E-state index >= 15 is 0 Å². The van der Waals surface area contributed by atoms with Crippen molar-refractivity contribution in [1.82, 2.24) is 4.98 Å². The SMILES string of the molecule is COCCOc1cc2nccc(Oc3ccc(NC(=O)Nc4cccc(S)c4)c(F)c3)c2cc1C#N. The maximum Gasteiger partial charge on any atom is 0.323 e. The molecule has 0 aliphatic heterocycles. The van der Waals surface area contributed by atoms with Gasteiger partial charge in [0.2, 0.25) is 0 Å². The van der Waals surface area contributed by atoms with Crippen LogP contribution in [0.5, 0.6) is 17.2 Å². The zero-order chi connectivity index (χ0) is 25.5. The number of rotatable bonds is 8. The van der Waals surface area contributed by atoms with Gasteiger partial charge in [0.1, 0.15) is 35.7 Å². The zero-order valence-corrected chi connectivity index (χ0v) is 20.0. The number of nitrogens with zero attached hydrogens (tertiary/aromatic N) is 2. The lowest BCUT2D eigenvalue weighted by Crippen LogP contribution is -2.20. The van der Waals surface area contributed by atoms with E-state index in [-0.39, 0.29) is 18.0 Å². The Morgan fingerprint density at radius 3 is 2.69 bits per heavy atom. The lowest BCUT2D eigenvalue weighted by atomic mass is 10.1. The van der Waals surface area contributed by atoms with Crippen LogP contribution < -0.4 is 20.1 Å². The van der Waals surface area contributed by atoms with Crippen LogP contribution in [0.2, 0.25) is 0 Å². The van der Waals surface area contributed by atoms with Gasteiger partial charge in [0.05, 0.1) is 23.4 Å². The second-order valence-electron chi connectivity index (χ2n) is 7.50. The molecule has 1 aromatic heterocycles. The molecule has 0 radical (unpaired) electrons. The van der Waals surface area contributed by atoms with E-state index in [0.717, 1.165) is 6.07 Å². The molecule has 0 saturated heterocycles. The molecule has 10 heteroatoms. The van der Waals surface area contributed by atoms with Crippen molar-refractivity contribution >= 4 is 40.9 Å². The van der Waals surface area contributed by atoms with Crippen molar-refractivity contribution in [3.63, 3.8) is 0 Å². The fourth-order valence-electron chi connectivity index (χ4n) is 3.34. The highest BCUT2D eigenvalue weighted by atomic mass is 32.1. The van der Waals surface area contributed by atoms with Crippen molar-refractivity contribution in [3.8, 4) is 23.3 Å². The van der Waals surface area contributed by atoms with Crippen LogP contribution in [0.1, 0.15) is 5.56 Å². The van der Waals surface area contributed by atoms with Gasteiger partial charge >= 0.3 is 6.03 Å². The molecule has 1 heterocycles. The number of pyridine rings is 1. The van der Waals surface area contributed by atoms with Gasteiger partial charge in [-0.15, -0.1) is 12.6 Å². The minimum Gasteiger partial charge on any atom is -0.490 e. The first-order valence-corrected chi connectivity index (χ1v) is 11.2. The summed E-state index contributed by atoms with van der Waals surface area (Å²) in [6.07, 6.45) is 1.54. The van der Waals surface area contributed by atoms with E-state index in [1.807, 2.05) is 0 Å². The zero-order valence-electron chi connectivity index (χ0n) is 19.1. The van der Waals surface area contributed by atoms with Gasteiger partial charge in [0, 0.05) is 41.4 Å². The first kappa shape index (κ1) is 24.8. The van der Waals surface area contributed by atoms with Gasteiger partial charge in [0.25, 0.3) is 0 Å². The summed E-state index contributed by atoms with van der Waals surface area (Å²) in [5.41, 5.74) is 1.34. The number of thiol groups is 1. The van der Waals surface area contributed by atoms with Gasteiger partial charge < -0.3 is 24.8 Å². The van der Waals surface area contributed by atoms with E-state index in [1.54, 1.807) is 55.8 Å². The molecule has 4 rings (SSSR count). The number of aromatic nitrogens is 1. The fourth-order valence-corrected chi connectivity index (χ4v) is 3.56. The Morgan fingerprint density at radius 2 is 1.94 bits per heavy atom. The molecule has 0 aliphatic rings. The van der Waals surface area contributed by atoms with Gasteiger partial charge in [-0.1, -0.05) is 6.07 Å². The van der Waals surface area contributed by atoms with E-state index < -0.39 is 11.8 Å².